The van der Waals surface area contributed by atoms with Crippen molar-refractivity contribution >= 4 is 43.6 Å². The summed E-state index contributed by atoms with van der Waals surface area (Å²) in [6, 6.07) is 41.1. The average Bonchev–Trinajstić information content (AvgIpc) is 1.53. The number of fused-ring (bicyclic) bond motifs is 6. The maximum atomic E-state index is 16.1. The molecule has 8 heteroatoms. The van der Waals surface area contributed by atoms with E-state index in [1.165, 1.54) is 46.5 Å². The van der Waals surface area contributed by atoms with Gasteiger partial charge in [0.1, 0.15) is 34.6 Å². The fourth-order valence-electron chi connectivity index (χ4n) is 14.5. The molecule has 0 aliphatic heterocycles. The summed E-state index contributed by atoms with van der Waals surface area (Å²) in [4.78, 5) is 0. The summed E-state index contributed by atoms with van der Waals surface area (Å²) < 4.78 is 50.3. The first-order chi connectivity index (χ1) is 42.1. The number of hydrogen-bond donors (Lipinski definition) is 2. The fraction of sp³-hybridized carbons (Fsp3) is 0.415. The Kier molecular flexibility index (Phi) is 17.8. The molecule has 0 fully saturated rings. The summed E-state index contributed by atoms with van der Waals surface area (Å²) in [6.45, 7) is 44.4. The number of ether oxygens (including phenoxy) is 2. The summed E-state index contributed by atoms with van der Waals surface area (Å²) in [7, 11) is 0. The number of aromatic nitrogens is 2. The number of aromatic hydroxyl groups is 2. The Morgan fingerprint density at radius 1 is 0.389 bits per heavy atom. The molecule has 0 saturated carbocycles. The van der Waals surface area contributed by atoms with Gasteiger partial charge in [0.25, 0.3) is 0 Å². The number of phenolic OH excluding ortho intramolecular Hbond substituents is 2. The van der Waals surface area contributed by atoms with E-state index in [0.717, 1.165) is 67.6 Å². The molecule has 0 radical (unpaired) electrons. The smallest absolute Gasteiger partial charge is 0.147 e. The second kappa shape index (κ2) is 24.6. The van der Waals surface area contributed by atoms with E-state index < -0.39 is 11.6 Å². The first-order valence-corrected chi connectivity index (χ1v) is 32.9. The lowest BCUT2D eigenvalue weighted by molar-refractivity contribution is 0.265. The van der Waals surface area contributed by atoms with Crippen LogP contribution in [0.15, 0.2) is 121 Å². The van der Waals surface area contributed by atoms with Crippen molar-refractivity contribution in [3.05, 3.63) is 177 Å². The van der Waals surface area contributed by atoms with Crippen LogP contribution >= 0.6 is 0 Å². The number of unbranched alkanes of at least 4 members (excludes halogenated alkanes) is 1. The molecule has 0 bridgehead atoms. The predicted octanol–water partition coefficient (Wildman–Crippen LogP) is 23.7. The average molecular weight is 1210 g/mol. The molecule has 0 aliphatic carbocycles. The maximum Gasteiger partial charge on any atom is 0.147 e. The highest BCUT2D eigenvalue weighted by molar-refractivity contribution is 6.11. The zero-order valence-corrected chi connectivity index (χ0v) is 57.5. The third-order valence-corrected chi connectivity index (χ3v) is 18.6. The Labute approximate surface area is 535 Å². The highest BCUT2D eigenvalue weighted by atomic mass is 19.1. The van der Waals surface area contributed by atoms with E-state index in [9.17, 15) is 10.2 Å². The molecular formula is C82H98F2N2O4. The highest BCUT2D eigenvalue weighted by Gasteiger charge is 2.34. The second-order valence-electron chi connectivity index (χ2n) is 31.0. The first kappa shape index (κ1) is 65.4. The van der Waals surface area contributed by atoms with Crippen LogP contribution in [0.1, 0.15) is 218 Å². The van der Waals surface area contributed by atoms with Gasteiger partial charge in [-0.05, 0) is 202 Å². The van der Waals surface area contributed by atoms with Gasteiger partial charge in [0.15, 0.2) is 0 Å². The topological polar surface area (TPSA) is 68.8 Å². The van der Waals surface area contributed by atoms with Gasteiger partial charge in [0.05, 0.1) is 46.7 Å². The largest absolute Gasteiger partial charge is 0.505 e. The van der Waals surface area contributed by atoms with Crippen molar-refractivity contribution in [2.75, 3.05) is 13.2 Å². The lowest BCUT2D eigenvalue weighted by Gasteiger charge is -2.34. The van der Waals surface area contributed by atoms with Gasteiger partial charge >= 0.3 is 0 Å². The monoisotopic (exact) mass is 1210 g/mol. The van der Waals surface area contributed by atoms with Gasteiger partial charge in [0, 0.05) is 43.8 Å². The molecule has 90 heavy (non-hydrogen) atoms. The number of benzene rings is 8. The van der Waals surface area contributed by atoms with Crippen molar-refractivity contribution in [1.82, 2.24) is 9.13 Å². The number of nitrogens with zero attached hydrogens (tertiary/aromatic N) is 2. The standard InChI is InChI=1S/C82H98F2N2O4/c1-47(2)53-23-27-61-62-28-24-54(48(3)4)36-70(62)85(69(61)35-53)73-41-57(81(17,18)45-79(11,12)13)39-65(75(73)87)67-43-59(83)33-51(9)77(67)89-31-21-22-32-90-78-52(10)34-60(84)44-68(78)66-40-58(82(19,20)46-80(14,15)16)42-74(76(66)88)86-71-37-55(49(5)6)25-29-63(71)64-30-26-56(50(7)8)38-72(64)86/h23-30,33-44,47-50,87-88H,21-22,31-32,45-46H2,1-20H3. The van der Waals surface area contributed by atoms with E-state index in [4.69, 9.17) is 9.47 Å². The zero-order valence-electron chi connectivity index (χ0n) is 57.5. The number of phenols is 2. The SMILES string of the molecule is Cc1cc(F)cc(-c2cc(C(C)(C)CC(C)(C)C)cc(-n3c4cc(C(C)C)ccc4c4ccc(C(C)C)cc43)c2O)c1OCCCCOc1c(C)cc(F)cc1-c1cc(C(C)(C)CC(C)(C)C)cc(-n2c3cc(C(C)C)ccc3c3ccc(C(C)C)cc32)c1O. The van der Waals surface area contributed by atoms with Crippen molar-refractivity contribution in [3.8, 4) is 56.6 Å². The van der Waals surface area contributed by atoms with Crippen LogP contribution in [-0.4, -0.2) is 32.6 Å². The molecule has 0 spiro atoms. The lowest BCUT2D eigenvalue weighted by atomic mass is 9.71. The molecule has 2 heterocycles. The molecule has 0 amide bonds. The molecule has 8 aromatic carbocycles. The summed E-state index contributed by atoms with van der Waals surface area (Å²) in [5, 5.41) is 30.5. The van der Waals surface area contributed by atoms with Crippen LogP contribution in [0.3, 0.4) is 0 Å². The third kappa shape index (κ3) is 13.0. The molecule has 10 aromatic rings. The van der Waals surface area contributed by atoms with E-state index in [1.54, 1.807) is 0 Å². The summed E-state index contributed by atoms with van der Waals surface area (Å²) >= 11 is 0. The molecular weight excluding hydrogens is 1110 g/mol. The van der Waals surface area contributed by atoms with E-state index in [1.807, 2.05) is 26.0 Å². The Balaban J connectivity index is 1.02. The molecule has 0 atom stereocenters. The van der Waals surface area contributed by atoms with Gasteiger partial charge in [-0.1, -0.05) is 173 Å². The molecule has 0 unspecified atom stereocenters. The fourth-order valence-corrected chi connectivity index (χ4v) is 14.5. The van der Waals surface area contributed by atoms with Crippen molar-refractivity contribution in [3.63, 3.8) is 0 Å². The highest BCUT2D eigenvalue weighted by Crippen LogP contribution is 2.51. The van der Waals surface area contributed by atoms with Crippen LogP contribution in [0, 0.1) is 36.3 Å². The normalized spacial score (nSPS) is 12.9. The number of hydrogen-bond acceptors (Lipinski definition) is 4. The van der Waals surface area contributed by atoms with E-state index in [0.29, 0.717) is 69.1 Å². The van der Waals surface area contributed by atoms with Gasteiger partial charge < -0.3 is 28.8 Å². The second-order valence-corrected chi connectivity index (χ2v) is 31.0. The van der Waals surface area contributed by atoms with Crippen LogP contribution in [0.2, 0.25) is 0 Å². The minimum Gasteiger partial charge on any atom is -0.505 e. The third-order valence-electron chi connectivity index (χ3n) is 18.6. The number of aryl methyl sites for hydroxylation is 2. The Bertz CT molecular complexity index is 3950. The van der Waals surface area contributed by atoms with E-state index in [-0.39, 0.29) is 70.0 Å². The van der Waals surface area contributed by atoms with Crippen molar-refractivity contribution < 1.29 is 28.5 Å². The summed E-state index contributed by atoms with van der Waals surface area (Å²) in [6.07, 6.45) is 2.83. The molecule has 6 nitrogen and oxygen atoms in total. The van der Waals surface area contributed by atoms with E-state index >= 15 is 8.78 Å². The minimum absolute atomic E-state index is 0.0265. The van der Waals surface area contributed by atoms with Crippen LogP contribution in [0.5, 0.6) is 23.0 Å². The van der Waals surface area contributed by atoms with Gasteiger partial charge in [-0.25, -0.2) is 8.78 Å². The summed E-state index contributed by atoms with van der Waals surface area (Å²) in [5.41, 5.74) is 14.5. The van der Waals surface area contributed by atoms with Gasteiger partial charge in [-0.2, -0.15) is 0 Å². The molecule has 0 aliphatic rings. The molecule has 2 aromatic heterocycles. The maximum absolute atomic E-state index is 16.1. The minimum atomic E-state index is -0.425. The number of halogens is 2. The van der Waals surface area contributed by atoms with Gasteiger partial charge in [0.2, 0.25) is 0 Å². The van der Waals surface area contributed by atoms with Crippen molar-refractivity contribution in [2.45, 2.75) is 199 Å². The van der Waals surface area contributed by atoms with Crippen LogP contribution < -0.4 is 9.47 Å². The van der Waals surface area contributed by atoms with Gasteiger partial charge in [-0.15, -0.1) is 0 Å². The Morgan fingerprint density at radius 3 is 0.944 bits per heavy atom. The van der Waals surface area contributed by atoms with Crippen molar-refractivity contribution in [2.24, 2.45) is 10.8 Å². The Hall–Kier alpha value is -7.58. The van der Waals surface area contributed by atoms with Gasteiger partial charge in [-0.3, -0.25) is 0 Å². The Morgan fingerprint density at radius 2 is 0.678 bits per heavy atom. The zero-order chi connectivity index (χ0) is 65.4. The van der Waals surface area contributed by atoms with Crippen LogP contribution in [-0.2, 0) is 10.8 Å². The molecule has 10 rings (SSSR count). The summed E-state index contributed by atoms with van der Waals surface area (Å²) in [5.74, 6) is 1.33. The van der Waals surface area contributed by atoms with Crippen LogP contribution in [0.25, 0.3) is 77.2 Å². The van der Waals surface area contributed by atoms with Crippen LogP contribution in [0.4, 0.5) is 8.78 Å². The predicted molar refractivity (Wildman–Crippen MR) is 376 cm³/mol. The molecule has 0 saturated heterocycles. The van der Waals surface area contributed by atoms with Crippen molar-refractivity contribution in [1.29, 1.82) is 0 Å². The molecule has 2 N–H and O–H groups in total. The number of rotatable bonds is 19. The first-order valence-electron chi connectivity index (χ1n) is 32.9. The van der Waals surface area contributed by atoms with E-state index in [2.05, 4.69) is 219 Å². The molecule has 474 valence electrons. The quantitative estimate of drug-likeness (QED) is 0.0792. The lowest BCUT2D eigenvalue weighted by Crippen LogP contribution is -2.25.